The highest BCUT2D eigenvalue weighted by Crippen LogP contribution is 2.36. The molecule has 2 heterocycles. The fourth-order valence-electron chi connectivity index (χ4n) is 2.94. The Balaban J connectivity index is 2.15. The maximum atomic E-state index is 12.7. The Bertz CT molecular complexity index is 970. The van der Waals surface area contributed by atoms with E-state index >= 15 is 0 Å². The minimum absolute atomic E-state index is 0.0320. The van der Waals surface area contributed by atoms with Crippen molar-refractivity contribution in [3.8, 4) is 0 Å². The number of anilines is 1. The molecule has 26 heavy (non-hydrogen) atoms. The zero-order chi connectivity index (χ0) is 18.8. The van der Waals surface area contributed by atoms with E-state index in [1.807, 2.05) is 0 Å². The molecule has 8 nitrogen and oxygen atoms in total. The number of nitrogens with zero attached hydrogens (tertiary/aromatic N) is 3. The van der Waals surface area contributed by atoms with Crippen molar-refractivity contribution in [1.82, 2.24) is 9.55 Å². The number of nitro benzene ring substituents is 1. The summed E-state index contributed by atoms with van der Waals surface area (Å²) < 4.78 is 1.66. The summed E-state index contributed by atoms with van der Waals surface area (Å²) in [5.41, 5.74) is 0.357. The van der Waals surface area contributed by atoms with E-state index in [1.165, 1.54) is 23.9 Å². The average molecular weight is 372 g/mol. The maximum Gasteiger partial charge on any atom is 0.279 e. The first-order valence-electron chi connectivity index (χ1n) is 7.81. The number of aromatic nitrogens is 2. The van der Waals surface area contributed by atoms with Crippen LogP contribution in [0.25, 0.3) is 0 Å². The monoisotopic (exact) mass is 372 g/mol. The molecule has 2 aromatic rings. The molecule has 1 unspecified atom stereocenters. The second-order valence-electron chi connectivity index (χ2n) is 5.78. The number of hydrogen-bond donors (Lipinski definition) is 1. The van der Waals surface area contributed by atoms with Crippen LogP contribution in [-0.2, 0) is 11.8 Å². The molecule has 0 fully saturated rings. The molecule has 0 radical (unpaired) electrons. The number of carbonyl (C=O) groups excluding carboxylic acids is 1. The van der Waals surface area contributed by atoms with Crippen LogP contribution in [0.2, 0.25) is 0 Å². The Hall–Kier alpha value is -2.94. The number of fused-ring (bicyclic) bond motifs is 1. The number of nitrogens with one attached hydrogen (secondary N) is 1. The summed E-state index contributed by atoms with van der Waals surface area (Å²) >= 11 is 1.33. The Morgan fingerprint density at radius 2 is 2.27 bits per heavy atom. The summed E-state index contributed by atoms with van der Waals surface area (Å²) in [6.45, 7) is 3.64. The SMILES string of the molecule is C=CCSc1nc(=O)c2c(n1C)NC(=O)CC2c1cccc([N+](=O)[O-])c1. The molecule has 1 aliphatic rings. The number of carbonyl (C=O) groups is 1. The summed E-state index contributed by atoms with van der Waals surface area (Å²) in [6, 6.07) is 6.00. The van der Waals surface area contributed by atoms with Crippen molar-refractivity contribution in [3.05, 3.63) is 68.5 Å². The molecule has 0 spiro atoms. The first kappa shape index (κ1) is 17.9. The van der Waals surface area contributed by atoms with Crippen LogP contribution in [0.1, 0.15) is 23.5 Å². The number of thioether (sulfide) groups is 1. The van der Waals surface area contributed by atoms with Crippen LogP contribution < -0.4 is 10.9 Å². The Morgan fingerprint density at radius 1 is 1.50 bits per heavy atom. The van der Waals surface area contributed by atoms with Gasteiger partial charge in [0, 0.05) is 37.3 Å². The van der Waals surface area contributed by atoms with Gasteiger partial charge in [-0.2, -0.15) is 4.98 Å². The second kappa shape index (κ2) is 7.12. The topological polar surface area (TPSA) is 107 Å². The average Bonchev–Trinajstić information content (AvgIpc) is 2.62. The van der Waals surface area contributed by atoms with Crippen LogP contribution >= 0.6 is 11.8 Å². The lowest BCUT2D eigenvalue weighted by atomic mass is 9.86. The van der Waals surface area contributed by atoms with Crippen molar-refractivity contribution in [2.24, 2.45) is 7.05 Å². The van der Waals surface area contributed by atoms with E-state index in [0.29, 0.717) is 27.9 Å². The third-order valence-electron chi connectivity index (χ3n) is 4.11. The molecule has 0 saturated heterocycles. The number of non-ortho nitro benzene ring substituents is 1. The summed E-state index contributed by atoms with van der Waals surface area (Å²) in [4.78, 5) is 39.5. The van der Waals surface area contributed by atoms with E-state index in [9.17, 15) is 19.7 Å². The fraction of sp³-hybridized carbons (Fsp3) is 0.235. The number of benzene rings is 1. The number of hydrogen-bond acceptors (Lipinski definition) is 6. The van der Waals surface area contributed by atoms with Gasteiger partial charge in [0.15, 0.2) is 5.16 Å². The van der Waals surface area contributed by atoms with Gasteiger partial charge in [-0.15, -0.1) is 6.58 Å². The quantitative estimate of drug-likeness (QED) is 0.284. The lowest BCUT2D eigenvalue weighted by Crippen LogP contribution is -2.33. The summed E-state index contributed by atoms with van der Waals surface area (Å²) in [6.07, 6.45) is 1.73. The van der Waals surface area contributed by atoms with Crippen LogP contribution in [0.5, 0.6) is 0 Å². The lowest BCUT2D eigenvalue weighted by Gasteiger charge is -2.27. The van der Waals surface area contributed by atoms with Crippen LogP contribution in [0.4, 0.5) is 11.5 Å². The third-order valence-corrected chi connectivity index (χ3v) is 5.14. The van der Waals surface area contributed by atoms with E-state index in [-0.39, 0.29) is 18.0 Å². The normalized spacial score (nSPS) is 15.9. The molecule has 0 bridgehead atoms. The minimum Gasteiger partial charge on any atom is -0.312 e. The standard InChI is InChI=1S/C17H16N4O4S/c1-3-7-26-17-19-16(23)14-12(9-13(22)18-15(14)20(17)2)10-5-4-6-11(8-10)21(24)25/h3-6,8,12H,1,7,9H2,2H3,(H,18,22). The molecule has 0 aliphatic carbocycles. The van der Waals surface area contributed by atoms with E-state index in [4.69, 9.17) is 0 Å². The molecule has 1 amide bonds. The highest BCUT2D eigenvalue weighted by atomic mass is 32.2. The van der Waals surface area contributed by atoms with Gasteiger partial charge in [0.25, 0.3) is 11.2 Å². The van der Waals surface area contributed by atoms with Crippen LogP contribution in [0, 0.1) is 10.1 Å². The molecule has 3 rings (SSSR count). The van der Waals surface area contributed by atoms with E-state index in [1.54, 1.807) is 29.8 Å². The van der Waals surface area contributed by atoms with Crippen molar-refractivity contribution in [1.29, 1.82) is 0 Å². The molecular formula is C17H16N4O4S. The van der Waals surface area contributed by atoms with E-state index in [0.717, 1.165) is 0 Å². The Labute approximate surface area is 153 Å². The molecule has 1 atom stereocenters. The van der Waals surface area contributed by atoms with Crippen molar-refractivity contribution in [2.45, 2.75) is 17.5 Å². The molecular weight excluding hydrogens is 356 g/mol. The predicted octanol–water partition coefficient (Wildman–Crippen LogP) is 2.44. The molecule has 0 saturated carbocycles. The van der Waals surface area contributed by atoms with Gasteiger partial charge in [0.2, 0.25) is 5.91 Å². The maximum absolute atomic E-state index is 12.7. The predicted molar refractivity (Wildman–Crippen MR) is 98.6 cm³/mol. The number of nitro groups is 1. The molecule has 1 aromatic carbocycles. The molecule has 134 valence electrons. The summed E-state index contributed by atoms with van der Waals surface area (Å²) in [5, 5.41) is 14.2. The van der Waals surface area contributed by atoms with Gasteiger partial charge in [-0.05, 0) is 5.56 Å². The van der Waals surface area contributed by atoms with Crippen LogP contribution in [-0.4, -0.2) is 26.1 Å². The number of rotatable bonds is 5. The van der Waals surface area contributed by atoms with Gasteiger partial charge in [-0.1, -0.05) is 30.0 Å². The molecule has 1 aliphatic heterocycles. The number of amides is 1. The Morgan fingerprint density at radius 3 is 2.96 bits per heavy atom. The van der Waals surface area contributed by atoms with Gasteiger partial charge in [0.1, 0.15) is 5.82 Å². The van der Waals surface area contributed by atoms with E-state index < -0.39 is 16.4 Å². The first-order chi connectivity index (χ1) is 12.4. The van der Waals surface area contributed by atoms with Gasteiger partial charge >= 0.3 is 0 Å². The minimum atomic E-state index is -0.580. The first-order valence-corrected chi connectivity index (χ1v) is 8.79. The van der Waals surface area contributed by atoms with Crippen molar-refractivity contribution >= 4 is 29.2 Å². The molecule has 9 heteroatoms. The summed E-state index contributed by atoms with van der Waals surface area (Å²) in [5.74, 6) is 0.115. The van der Waals surface area contributed by atoms with Gasteiger partial charge in [0.05, 0.1) is 10.5 Å². The van der Waals surface area contributed by atoms with Crippen molar-refractivity contribution in [3.63, 3.8) is 0 Å². The largest absolute Gasteiger partial charge is 0.312 e. The van der Waals surface area contributed by atoms with Crippen LogP contribution in [0.3, 0.4) is 0 Å². The lowest BCUT2D eigenvalue weighted by molar-refractivity contribution is -0.384. The Kier molecular flexibility index (Phi) is 4.90. The molecule has 1 aromatic heterocycles. The zero-order valence-corrected chi connectivity index (χ0v) is 14.8. The third kappa shape index (κ3) is 3.25. The van der Waals surface area contributed by atoms with Gasteiger partial charge in [-0.25, -0.2) is 0 Å². The van der Waals surface area contributed by atoms with Crippen LogP contribution in [0.15, 0.2) is 46.9 Å². The highest BCUT2D eigenvalue weighted by Gasteiger charge is 2.32. The highest BCUT2D eigenvalue weighted by molar-refractivity contribution is 7.99. The smallest absolute Gasteiger partial charge is 0.279 e. The van der Waals surface area contributed by atoms with Gasteiger partial charge < -0.3 is 9.88 Å². The second-order valence-corrected chi connectivity index (χ2v) is 6.76. The van der Waals surface area contributed by atoms with Gasteiger partial charge in [-0.3, -0.25) is 19.7 Å². The fourth-order valence-corrected chi connectivity index (χ4v) is 3.64. The zero-order valence-electron chi connectivity index (χ0n) is 14.0. The summed E-state index contributed by atoms with van der Waals surface area (Å²) in [7, 11) is 1.72. The van der Waals surface area contributed by atoms with E-state index in [2.05, 4.69) is 16.9 Å². The van der Waals surface area contributed by atoms with Crippen molar-refractivity contribution < 1.29 is 9.72 Å². The van der Waals surface area contributed by atoms with Crippen molar-refractivity contribution in [2.75, 3.05) is 11.1 Å². The molecule has 1 N–H and O–H groups in total.